The van der Waals surface area contributed by atoms with E-state index in [9.17, 15) is 14.4 Å². The average molecular weight is 517 g/mol. The predicted octanol–water partition coefficient (Wildman–Crippen LogP) is 1.70. The Morgan fingerprint density at radius 3 is 2.54 bits per heavy atom. The molecule has 1 aliphatic carbocycles. The summed E-state index contributed by atoms with van der Waals surface area (Å²) in [6.07, 6.45) is 1.56. The molecule has 1 saturated heterocycles. The number of carbonyl (C=O) groups is 3. The van der Waals surface area contributed by atoms with Crippen LogP contribution in [0, 0.1) is 11.8 Å². The molecule has 0 spiro atoms. The zero-order valence-corrected chi connectivity index (χ0v) is 22.4. The van der Waals surface area contributed by atoms with Gasteiger partial charge in [0.05, 0.1) is 37.5 Å². The number of anilines is 1. The molecule has 3 amide bonds. The van der Waals surface area contributed by atoms with Crippen LogP contribution in [-0.4, -0.2) is 111 Å². The summed E-state index contributed by atoms with van der Waals surface area (Å²) in [5, 5.41) is 2.93. The van der Waals surface area contributed by atoms with Gasteiger partial charge in [0.2, 0.25) is 11.8 Å². The second-order valence-electron chi connectivity index (χ2n) is 10.5. The summed E-state index contributed by atoms with van der Waals surface area (Å²) in [7, 11) is 3.38. The van der Waals surface area contributed by atoms with Crippen molar-refractivity contribution in [3.05, 3.63) is 23.8 Å². The maximum Gasteiger partial charge on any atom is 0.257 e. The third-order valence-corrected chi connectivity index (χ3v) is 7.45. The lowest BCUT2D eigenvalue weighted by atomic mass is 10.0. The molecule has 1 N–H and O–H groups in total. The summed E-state index contributed by atoms with van der Waals surface area (Å²) in [6, 6.07) is 4.90. The molecule has 0 radical (unpaired) electrons. The van der Waals surface area contributed by atoms with Gasteiger partial charge in [-0.05, 0) is 31.9 Å². The third kappa shape index (κ3) is 7.00. The van der Waals surface area contributed by atoms with Crippen molar-refractivity contribution in [1.82, 2.24) is 14.7 Å². The summed E-state index contributed by atoms with van der Waals surface area (Å²) in [4.78, 5) is 44.8. The fourth-order valence-corrected chi connectivity index (χ4v) is 4.83. The molecule has 0 unspecified atom stereocenters. The van der Waals surface area contributed by atoms with E-state index >= 15 is 0 Å². The first-order valence-corrected chi connectivity index (χ1v) is 13.2. The zero-order valence-electron chi connectivity index (χ0n) is 22.4. The van der Waals surface area contributed by atoms with Crippen molar-refractivity contribution in [3.8, 4) is 5.75 Å². The number of rotatable bonds is 5. The average Bonchev–Trinajstić information content (AvgIpc) is 3.74. The van der Waals surface area contributed by atoms with Crippen molar-refractivity contribution in [2.24, 2.45) is 11.8 Å². The molecule has 2 heterocycles. The number of nitrogens with one attached hydrogen (secondary N) is 1. The van der Waals surface area contributed by atoms with Crippen LogP contribution in [0.1, 0.15) is 37.0 Å². The molecule has 10 heteroatoms. The fourth-order valence-electron chi connectivity index (χ4n) is 4.83. The molecule has 1 saturated carbocycles. The number of methoxy groups -OCH3 is 1. The first-order chi connectivity index (χ1) is 17.8. The first-order valence-electron chi connectivity index (χ1n) is 13.2. The number of nitrogens with zero attached hydrogens (tertiary/aromatic N) is 3. The van der Waals surface area contributed by atoms with Gasteiger partial charge in [-0.2, -0.15) is 0 Å². The van der Waals surface area contributed by atoms with Gasteiger partial charge in [0.25, 0.3) is 5.91 Å². The van der Waals surface area contributed by atoms with Crippen LogP contribution in [-0.2, 0) is 19.1 Å². The monoisotopic (exact) mass is 516 g/mol. The number of fused-ring (bicyclic) bond motifs is 1. The highest BCUT2D eigenvalue weighted by atomic mass is 16.5. The van der Waals surface area contributed by atoms with Gasteiger partial charge in [-0.25, -0.2) is 0 Å². The number of hydrogen-bond donors (Lipinski definition) is 1. The van der Waals surface area contributed by atoms with Gasteiger partial charge in [0.1, 0.15) is 12.4 Å². The molecule has 2 fully saturated rings. The van der Waals surface area contributed by atoms with Crippen LogP contribution in [0.3, 0.4) is 0 Å². The Morgan fingerprint density at radius 1 is 1.14 bits per heavy atom. The third-order valence-electron chi connectivity index (χ3n) is 7.45. The SMILES string of the molecule is CO[C@H]1CN(C)C(=O)c2ccc(NC(=O)C3CC3)cc2OC[C@H](C)N(C(=O)CN2CCOCC2)C[C@@H]1C. The Bertz CT molecular complexity index is 978. The Hall–Kier alpha value is -2.69. The van der Waals surface area contributed by atoms with E-state index in [4.69, 9.17) is 14.2 Å². The zero-order chi connectivity index (χ0) is 26.5. The van der Waals surface area contributed by atoms with Gasteiger partial charge in [0.15, 0.2) is 0 Å². The van der Waals surface area contributed by atoms with Crippen LogP contribution >= 0.6 is 0 Å². The molecular formula is C27H40N4O6. The number of morpholine rings is 1. The maximum absolute atomic E-state index is 13.5. The number of benzene rings is 1. The molecule has 37 heavy (non-hydrogen) atoms. The second-order valence-corrected chi connectivity index (χ2v) is 10.5. The van der Waals surface area contributed by atoms with Crippen LogP contribution < -0.4 is 10.1 Å². The molecule has 10 nitrogen and oxygen atoms in total. The van der Waals surface area contributed by atoms with Crippen molar-refractivity contribution in [2.45, 2.75) is 38.8 Å². The molecule has 1 aromatic carbocycles. The van der Waals surface area contributed by atoms with E-state index in [0.717, 1.165) is 25.9 Å². The Labute approximate surface area is 219 Å². The lowest BCUT2D eigenvalue weighted by molar-refractivity contribution is -0.137. The summed E-state index contributed by atoms with van der Waals surface area (Å²) < 4.78 is 17.4. The fraction of sp³-hybridized carbons (Fsp3) is 0.667. The Kier molecular flexibility index (Phi) is 9.04. The topological polar surface area (TPSA) is 101 Å². The van der Waals surface area contributed by atoms with Crippen LogP contribution in [0.25, 0.3) is 0 Å². The van der Waals surface area contributed by atoms with E-state index in [0.29, 0.717) is 49.8 Å². The summed E-state index contributed by atoms with van der Waals surface area (Å²) in [5.74, 6) is 0.288. The lowest BCUT2D eigenvalue weighted by Gasteiger charge is -2.37. The van der Waals surface area contributed by atoms with Crippen LogP contribution in [0.2, 0.25) is 0 Å². The van der Waals surface area contributed by atoms with E-state index < -0.39 is 0 Å². The maximum atomic E-state index is 13.5. The van der Waals surface area contributed by atoms with E-state index in [2.05, 4.69) is 10.2 Å². The molecule has 4 rings (SSSR count). The molecule has 3 atom stereocenters. The normalized spacial score (nSPS) is 25.9. The highest BCUT2D eigenvalue weighted by molar-refractivity contribution is 5.99. The van der Waals surface area contributed by atoms with Gasteiger partial charge in [-0.3, -0.25) is 19.3 Å². The minimum Gasteiger partial charge on any atom is -0.491 e. The van der Waals surface area contributed by atoms with E-state index in [1.165, 1.54) is 0 Å². The quantitative estimate of drug-likeness (QED) is 0.636. The summed E-state index contributed by atoms with van der Waals surface area (Å²) in [6.45, 7) is 8.12. The van der Waals surface area contributed by atoms with Crippen molar-refractivity contribution >= 4 is 23.4 Å². The van der Waals surface area contributed by atoms with Gasteiger partial charge in [-0.1, -0.05) is 6.92 Å². The molecular weight excluding hydrogens is 476 g/mol. The number of hydrogen-bond acceptors (Lipinski definition) is 7. The molecule has 204 valence electrons. The largest absolute Gasteiger partial charge is 0.491 e. The number of ether oxygens (including phenoxy) is 3. The van der Waals surface area contributed by atoms with E-state index in [1.54, 1.807) is 37.3 Å². The van der Waals surface area contributed by atoms with Gasteiger partial charge in [-0.15, -0.1) is 0 Å². The Balaban J connectivity index is 1.58. The van der Waals surface area contributed by atoms with Crippen LogP contribution in [0.15, 0.2) is 18.2 Å². The molecule has 3 aliphatic rings. The number of likely N-dealkylation sites (N-methyl/N-ethyl adjacent to an activating group) is 1. The van der Waals surface area contributed by atoms with Crippen LogP contribution in [0.5, 0.6) is 5.75 Å². The number of carbonyl (C=O) groups excluding carboxylic acids is 3. The van der Waals surface area contributed by atoms with Gasteiger partial charge in [0, 0.05) is 63.9 Å². The molecule has 0 bridgehead atoms. The standard InChI is InChI=1S/C27H40N4O6/c1-18-14-31(25(32)16-30-9-11-36-12-10-30)19(2)17-37-23-13-21(28-26(33)20-5-6-20)7-8-22(23)27(34)29(3)15-24(18)35-4/h7-8,13,18-20,24H,5-6,9-12,14-17H2,1-4H3,(H,28,33)/t18-,19-,24-/m0/s1. The van der Waals surface area contributed by atoms with Crippen molar-refractivity contribution in [2.75, 3.05) is 72.0 Å². The number of amides is 3. The Morgan fingerprint density at radius 2 is 1.86 bits per heavy atom. The van der Waals surface area contributed by atoms with Gasteiger partial charge < -0.3 is 29.3 Å². The summed E-state index contributed by atoms with van der Waals surface area (Å²) in [5.41, 5.74) is 1.00. The van der Waals surface area contributed by atoms with Crippen molar-refractivity contribution in [1.29, 1.82) is 0 Å². The minimum absolute atomic E-state index is 0.00440. The highest BCUT2D eigenvalue weighted by Gasteiger charge is 2.32. The van der Waals surface area contributed by atoms with E-state index in [1.807, 2.05) is 18.7 Å². The predicted molar refractivity (Wildman–Crippen MR) is 139 cm³/mol. The smallest absolute Gasteiger partial charge is 0.257 e. The first kappa shape index (κ1) is 27.3. The molecule has 1 aromatic rings. The highest BCUT2D eigenvalue weighted by Crippen LogP contribution is 2.32. The second kappa shape index (κ2) is 12.2. The lowest BCUT2D eigenvalue weighted by Crippen LogP contribution is -2.52. The molecule has 2 aliphatic heterocycles. The molecule has 0 aromatic heterocycles. The van der Waals surface area contributed by atoms with Crippen molar-refractivity contribution < 1.29 is 28.6 Å². The van der Waals surface area contributed by atoms with Crippen molar-refractivity contribution in [3.63, 3.8) is 0 Å². The minimum atomic E-state index is -0.249. The van der Waals surface area contributed by atoms with E-state index in [-0.39, 0.29) is 48.3 Å². The summed E-state index contributed by atoms with van der Waals surface area (Å²) >= 11 is 0. The van der Waals surface area contributed by atoms with Crippen LogP contribution in [0.4, 0.5) is 5.69 Å². The van der Waals surface area contributed by atoms with Gasteiger partial charge >= 0.3 is 0 Å².